The Balaban J connectivity index is 1.73. The third-order valence-corrected chi connectivity index (χ3v) is 5.02. The van der Waals surface area contributed by atoms with E-state index in [1.54, 1.807) is 0 Å². The Morgan fingerprint density at radius 1 is 1.26 bits per heavy atom. The van der Waals surface area contributed by atoms with E-state index in [1.165, 1.54) is 0 Å². The summed E-state index contributed by atoms with van der Waals surface area (Å²) in [7, 11) is 0. The molecular weight excluding hydrogens is 244 g/mol. The predicted octanol–water partition coefficient (Wildman–Crippen LogP) is 1.78. The molecule has 3 unspecified atom stereocenters. The van der Waals surface area contributed by atoms with Crippen LogP contribution < -0.4 is 0 Å². The summed E-state index contributed by atoms with van der Waals surface area (Å²) in [5.41, 5.74) is 0.195. The minimum absolute atomic E-state index is 0.0706. The summed E-state index contributed by atoms with van der Waals surface area (Å²) in [6, 6.07) is 0.155. The molecule has 0 saturated carbocycles. The number of amides is 2. The molecular formula is C14H22N2O3. The molecule has 0 aromatic rings. The van der Waals surface area contributed by atoms with Gasteiger partial charge in [-0.05, 0) is 31.1 Å². The molecule has 3 aliphatic heterocycles. The molecule has 19 heavy (non-hydrogen) atoms. The summed E-state index contributed by atoms with van der Waals surface area (Å²) in [4.78, 5) is 27.6. The van der Waals surface area contributed by atoms with Crippen molar-refractivity contribution in [1.82, 2.24) is 9.80 Å². The van der Waals surface area contributed by atoms with E-state index in [0.717, 1.165) is 32.4 Å². The van der Waals surface area contributed by atoms with Crippen molar-refractivity contribution in [2.45, 2.75) is 51.6 Å². The number of carbonyl (C=O) groups excluding carboxylic acids is 1. The second-order valence-electron chi connectivity index (χ2n) is 7.00. The fourth-order valence-electron chi connectivity index (χ4n) is 3.99. The summed E-state index contributed by atoms with van der Waals surface area (Å²) >= 11 is 0. The molecule has 3 fully saturated rings. The zero-order valence-corrected chi connectivity index (χ0v) is 11.6. The molecule has 0 radical (unpaired) electrons. The number of urea groups is 1. The molecule has 5 nitrogen and oxygen atoms in total. The van der Waals surface area contributed by atoms with Crippen molar-refractivity contribution in [3.63, 3.8) is 0 Å². The number of carboxylic acid groups (broad SMARTS) is 1. The van der Waals surface area contributed by atoms with Gasteiger partial charge in [0, 0.05) is 25.2 Å². The number of carbonyl (C=O) groups is 2. The van der Waals surface area contributed by atoms with Gasteiger partial charge in [0.25, 0.3) is 0 Å². The topological polar surface area (TPSA) is 60.9 Å². The van der Waals surface area contributed by atoms with Crippen molar-refractivity contribution in [3.05, 3.63) is 0 Å². The van der Waals surface area contributed by atoms with Gasteiger partial charge in [0.2, 0.25) is 0 Å². The van der Waals surface area contributed by atoms with E-state index in [-0.39, 0.29) is 29.4 Å². The van der Waals surface area contributed by atoms with Crippen LogP contribution in [-0.2, 0) is 4.79 Å². The number of likely N-dealkylation sites (tertiary alicyclic amines) is 1. The van der Waals surface area contributed by atoms with E-state index < -0.39 is 5.97 Å². The number of hydrogen-bond donors (Lipinski definition) is 1. The highest BCUT2D eigenvalue weighted by Crippen LogP contribution is 2.43. The molecule has 0 aliphatic carbocycles. The highest BCUT2D eigenvalue weighted by Gasteiger charge is 2.52. The Morgan fingerprint density at radius 3 is 2.53 bits per heavy atom. The molecule has 0 spiro atoms. The van der Waals surface area contributed by atoms with Crippen molar-refractivity contribution in [2.24, 2.45) is 11.3 Å². The number of carboxylic acids is 1. The SMILES string of the molecule is CC1(C)CCN(C(=O)N2C3CCC2C(C(=O)O)C3)C1. The van der Waals surface area contributed by atoms with Gasteiger partial charge >= 0.3 is 12.0 Å². The summed E-state index contributed by atoms with van der Waals surface area (Å²) < 4.78 is 0. The van der Waals surface area contributed by atoms with Crippen LogP contribution in [-0.4, -0.2) is 52.1 Å². The maximum atomic E-state index is 12.6. The lowest BCUT2D eigenvalue weighted by Gasteiger charge is -2.29. The molecule has 0 aromatic heterocycles. The second kappa shape index (κ2) is 4.12. The summed E-state index contributed by atoms with van der Waals surface area (Å²) in [5.74, 6) is -1.09. The van der Waals surface area contributed by atoms with Crippen LogP contribution in [0.3, 0.4) is 0 Å². The minimum atomic E-state index is -0.744. The lowest BCUT2D eigenvalue weighted by molar-refractivity contribution is -0.142. The first-order chi connectivity index (χ1) is 8.89. The normalized spacial score (nSPS) is 36.0. The van der Waals surface area contributed by atoms with Crippen molar-refractivity contribution in [1.29, 1.82) is 0 Å². The quantitative estimate of drug-likeness (QED) is 0.787. The highest BCUT2D eigenvalue weighted by atomic mass is 16.4. The lowest BCUT2D eigenvalue weighted by Crippen LogP contribution is -2.46. The Bertz CT molecular complexity index is 421. The van der Waals surface area contributed by atoms with Gasteiger partial charge in [-0.2, -0.15) is 0 Å². The van der Waals surface area contributed by atoms with Gasteiger partial charge in [-0.15, -0.1) is 0 Å². The summed E-state index contributed by atoms with van der Waals surface area (Å²) in [5, 5.41) is 9.23. The maximum absolute atomic E-state index is 12.6. The molecule has 1 N–H and O–H groups in total. The van der Waals surface area contributed by atoms with Crippen molar-refractivity contribution in [3.8, 4) is 0 Å². The zero-order chi connectivity index (χ0) is 13.8. The van der Waals surface area contributed by atoms with Gasteiger partial charge in [-0.25, -0.2) is 4.79 Å². The monoisotopic (exact) mass is 266 g/mol. The molecule has 106 valence electrons. The number of hydrogen-bond acceptors (Lipinski definition) is 2. The van der Waals surface area contributed by atoms with E-state index in [9.17, 15) is 14.7 Å². The van der Waals surface area contributed by atoms with Crippen LogP contribution in [0, 0.1) is 11.3 Å². The molecule has 3 heterocycles. The van der Waals surface area contributed by atoms with Gasteiger partial charge in [0.05, 0.1) is 5.92 Å². The van der Waals surface area contributed by atoms with Gasteiger partial charge in [-0.3, -0.25) is 4.79 Å². The van der Waals surface area contributed by atoms with Crippen molar-refractivity contribution >= 4 is 12.0 Å². The summed E-state index contributed by atoms with van der Waals surface area (Å²) in [6.07, 6.45) is 3.50. The first kappa shape index (κ1) is 12.8. The molecule has 3 aliphatic rings. The van der Waals surface area contributed by atoms with Crippen LogP contribution >= 0.6 is 0 Å². The fourth-order valence-corrected chi connectivity index (χ4v) is 3.99. The zero-order valence-electron chi connectivity index (χ0n) is 11.6. The van der Waals surface area contributed by atoms with Gasteiger partial charge in [0.1, 0.15) is 0 Å². The van der Waals surface area contributed by atoms with Crippen molar-refractivity contribution < 1.29 is 14.7 Å². The van der Waals surface area contributed by atoms with E-state index in [4.69, 9.17) is 0 Å². The number of rotatable bonds is 1. The Kier molecular flexibility index (Phi) is 2.76. The molecule has 2 amide bonds. The van der Waals surface area contributed by atoms with E-state index in [2.05, 4.69) is 13.8 Å². The van der Waals surface area contributed by atoms with Crippen LogP contribution in [0.4, 0.5) is 4.79 Å². The average molecular weight is 266 g/mol. The fraction of sp³-hybridized carbons (Fsp3) is 0.857. The van der Waals surface area contributed by atoms with Crippen molar-refractivity contribution in [2.75, 3.05) is 13.1 Å². The second-order valence-corrected chi connectivity index (χ2v) is 7.00. The van der Waals surface area contributed by atoms with Crippen LogP contribution in [0.2, 0.25) is 0 Å². The number of nitrogens with zero attached hydrogens (tertiary/aromatic N) is 2. The van der Waals surface area contributed by atoms with Crippen LogP contribution in [0.1, 0.15) is 39.5 Å². The maximum Gasteiger partial charge on any atom is 0.320 e. The standard InChI is InChI=1S/C14H22N2O3/c1-14(2)5-6-15(8-14)13(19)16-9-3-4-11(16)10(7-9)12(17)18/h9-11H,3-8H2,1-2H3,(H,17,18). The van der Waals surface area contributed by atoms with E-state index >= 15 is 0 Å². The molecule has 3 saturated heterocycles. The third-order valence-electron chi connectivity index (χ3n) is 5.02. The van der Waals surface area contributed by atoms with Crippen LogP contribution in [0.15, 0.2) is 0 Å². The Morgan fingerprint density at radius 2 is 2.00 bits per heavy atom. The molecule has 0 aromatic carbocycles. The largest absolute Gasteiger partial charge is 0.481 e. The lowest BCUT2D eigenvalue weighted by atomic mass is 9.89. The molecule has 2 bridgehead atoms. The number of fused-ring (bicyclic) bond motifs is 2. The number of aliphatic carboxylic acids is 1. The first-order valence-corrected chi connectivity index (χ1v) is 7.19. The third kappa shape index (κ3) is 1.99. The highest BCUT2D eigenvalue weighted by molar-refractivity contribution is 5.79. The Hall–Kier alpha value is -1.26. The predicted molar refractivity (Wildman–Crippen MR) is 69.8 cm³/mol. The van der Waals surface area contributed by atoms with E-state index in [1.807, 2.05) is 9.80 Å². The van der Waals surface area contributed by atoms with Gasteiger partial charge in [0.15, 0.2) is 0 Å². The van der Waals surface area contributed by atoms with Gasteiger partial charge < -0.3 is 14.9 Å². The van der Waals surface area contributed by atoms with Crippen LogP contribution in [0.5, 0.6) is 0 Å². The molecule has 3 atom stereocenters. The minimum Gasteiger partial charge on any atom is -0.481 e. The molecule has 5 heteroatoms. The Labute approximate surface area is 113 Å². The first-order valence-electron chi connectivity index (χ1n) is 7.19. The van der Waals surface area contributed by atoms with E-state index in [0.29, 0.717) is 6.42 Å². The van der Waals surface area contributed by atoms with Gasteiger partial charge in [-0.1, -0.05) is 13.8 Å². The summed E-state index contributed by atoms with van der Waals surface area (Å²) in [6.45, 7) is 5.96. The smallest absolute Gasteiger partial charge is 0.320 e. The van der Waals surface area contributed by atoms with Crippen LogP contribution in [0.25, 0.3) is 0 Å². The molecule has 3 rings (SSSR count). The average Bonchev–Trinajstić information content (AvgIpc) is 2.99.